The Balaban J connectivity index is 1.85. The first-order chi connectivity index (χ1) is 15.0. The summed E-state index contributed by atoms with van der Waals surface area (Å²) in [4.78, 5) is 27.2. The number of rotatable bonds is 7. The number of hydrogen-bond donors (Lipinski definition) is 3. The van der Waals surface area contributed by atoms with Crippen molar-refractivity contribution >= 4 is 29.5 Å². The van der Waals surface area contributed by atoms with Gasteiger partial charge >= 0.3 is 5.97 Å². The number of carboxylic acids is 1. The van der Waals surface area contributed by atoms with Crippen LogP contribution in [0.4, 0.5) is 11.4 Å². The van der Waals surface area contributed by atoms with Gasteiger partial charge in [0.05, 0.1) is 30.1 Å². The van der Waals surface area contributed by atoms with Crippen LogP contribution < -0.4 is 10.2 Å². The molecule has 0 spiro atoms. The number of carboxylic acid groups (broad SMARTS) is 1. The second kappa shape index (κ2) is 9.74. The lowest BCUT2D eigenvalue weighted by molar-refractivity contribution is 0.0697. The molecule has 0 saturated carbocycles. The Morgan fingerprint density at radius 1 is 1.13 bits per heavy atom. The number of aromatic hydroxyl groups is 1. The minimum atomic E-state index is -1.13. The number of phenols is 1. The highest BCUT2D eigenvalue weighted by Crippen LogP contribution is 2.34. The van der Waals surface area contributed by atoms with Gasteiger partial charge in [0, 0.05) is 24.0 Å². The van der Waals surface area contributed by atoms with Crippen molar-refractivity contribution in [2.45, 2.75) is 0 Å². The summed E-state index contributed by atoms with van der Waals surface area (Å²) in [7, 11) is 1.36. The molecule has 0 saturated heterocycles. The number of carbonyl (C=O) groups excluding carboxylic acids is 1. The van der Waals surface area contributed by atoms with Crippen LogP contribution >= 0.6 is 0 Å². The predicted molar refractivity (Wildman–Crippen MR) is 112 cm³/mol. The van der Waals surface area contributed by atoms with E-state index < -0.39 is 11.9 Å². The van der Waals surface area contributed by atoms with E-state index in [-0.39, 0.29) is 34.0 Å². The Morgan fingerprint density at radius 2 is 1.94 bits per heavy atom. The molecule has 31 heavy (non-hydrogen) atoms. The molecule has 0 aliphatic heterocycles. The van der Waals surface area contributed by atoms with Gasteiger partial charge in [-0.15, -0.1) is 5.11 Å². The van der Waals surface area contributed by atoms with Gasteiger partial charge in [-0.25, -0.2) is 10.2 Å². The van der Waals surface area contributed by atoms with E-state index in [1.807, 2.05) is 0 Å². The average Bonchev–Trinajstić information content (AvgIpc) is 2.79. The maximum atomic E-state index is 12.0. The van der Waals surface area contributed by atoms with E-state index in [1.165, 1.54) is 43.8 Å². The van der Waals surface area contributed by atoms with Crippen LogP contribution in [-0.2, 0) is 0 Å². The topological polar surface area (TPSA) is 146 Å². The van der Waals surface area contributed by atoms with Gasteiger partial charge in [-0.05, 0) is 30.3 Å². The van der Waals surface area contributed by atoms with Crippen LogP contribution in [0.1, 0.15) is 26.3 Å². The molecule has 1 amide bonds. The molecule has 1 aromatic heterocycles. The first-order valence-corrected chi connectivity index (χ1v) is 8.88. The molecule has 0 radical (unpaired) electrons. The normalized spacial score (nSPS) is 11.0. The molecule has 10 nitrogen and oxygen atoms in total. The van der Waals surface area contributed by atoms with Crippen molar-refractivity contribution in [1.82, 2.24) is 10.4 Å². The third kappa shape index (κ3) is 5.26. The fraction of sp³-hybridized carbons (Fsp3) is 0.0476. The van der Waals surface area contributed by atoms with Crippen LogP contribution in [0.25, 0.3) is 0 Å². The lowest BCUT2D eigenvalue weighted by Gasteiger charge is -2.07. The summed E-state index contributed by atoms with van der Waals surface area (Å²) in [6.07, 6.45) is 4.15. The van der Waals surface area contributed by atoms with Gasteiger partial charge in [0.25, 0.3) is 5.91 Å². The van der Waals surface area contributed by atoms with Crippen LogP contribution in [0.5, 0.6) is 11.5 Å². The lowest BCUT2D eigenvalue weighted by atomic mass is 10.1. The summed E-state index contributed by atoms with van der Waals surface area (Å²) in [5, 5.41) is 31.4. The van der Waals surface area contributed by atoms with Gasteiger partial charge in [0.1, 0.15) is 5.69 Å². The summed E-state index contributed by atoms with van der Waals surface area (Å²) in [6, 6.07) is 12.2. The molecule has 0 aliphatic carbocycles. The van der Waals surface area contributed by atoms with Crippen molar-refractivity contribution in [3.05, 3.63) is 77.6 Å². The van der Waals surface area contributed by atoms with Crippen molar-refractivity contribution in [3.63, 3.8) is 0 Å². The van der Waals surface area contributed by atoms with Crippen LogP contribution in [-0.4, -0.2) is 40.4 Å². The molecule has 10 heteroatoms. The van der Waals surface area contributed by atoms with E-state index in [0.717, 1.165) is 0 Å². The molecule has 3 N–H and O–H groups in total. The Bertz CT molecular complexity index is 1160. The lowest BCUT2D eigenvalue weighted by Crippen LogP contribution is -2.17. The minimum Gasteiger partial charge on any atom is -0.504 e. The molecule has 156 valence electrons. The molecule has 0 bridgehead atoms. The van der Waals surface area contributed by atoms with Gasteiger partial charge in [-0.1, -0.05) is 12.1 Å². The smallest absolute Gasteiger partial charge is 0.337 e. The largest absolute Gasteiger partial charge is 0.504 e. The number of hydrazone groups is 1. The molecule has 3 aromatic rings. The number of ether oxygens (including phenoxy) is 1. The fourth-order valence-corrected chi connectivity index (χ4v) is 2.50. The number of pyridine rings is 1. The Morgan fingerprint density at radius 3 is 2.65 bits per heavy atom. The van der Waals surface area contributed by atoms with E-state index in [2.05, 4.69) is 25.7 Å². The fourth-order valence-electron chi connectivity index (χ4n) is 2.50. The Labute approximate surface area is 176 Å². The third-order valence-corrected chi connectivity index (χ3v) is 4.01. The molecule has 0 atom stereocenters. The number of amides is 1. The molecule has 2 aromatic carbocycles. The number of nitrogens with zero attached hydrogens (tertiary/aromatic N) is 4. The van der Waals surface area contributed by atoms with Gasteiger partial charge in [-0.3, -0.25) is 9.78 Å². The zero-order valence-electron chi connectivity index (χ0n) is 16.3. The second-order valence-corrected chi connectivity index (χ2v) is 6.05. The van der Waals surface area contributed by atoms with Crippen LogP contribution in [0.3, 0.4) is 0 Å². The van der Waals surface area contributed by atoms with E-state index in [0.29, 0.717) is 5.56 Å². The maximum absolute atomic E-state index is 12.0. The molecular weight excluding hydrogens is 402 g/mol. The number of hydrogen-bond acceptors (Lipinski definition) is 8. The van der Waals surface area contributed by atoms with Gasteiger partial charge in [-0.2, -0.15) is 10.2 Å². The van der Waals surface area contributed by atoms with Gasteiger partial charge < -0.3 is 14.9 Å². The van der Waals surface area contributed by atoms with Gasteiger partial charge in [0.15, 0.2) is 11.5 Å². The highest BCUT2D eigenvalue weighted by atomic mass is 16.5. The molecule has 3 rings (SSSR count). The Kier molecular flexibility index (Phi) is 6.64. The number of benzene rings is 2. The zero-order chi connectivity index (χ0) is 22.2. The summed E-state index contributed by atoms with van der Waals surface area (Å²) in [5.74, 6) is -1.72. The number of azo groups is 1. The van der Waals surface area contributed by atoms with E-state index in [9.17, 15) is 19.8 Å². The van der Waals surface area contributed by atoms with Gasteiger partial charge in [0.2, 0.25) is 0 Å². The predicted octanol–water partition coefficient (Wildman–Crippen LogP) is 3.67. The van der Waals surface area contributed by atoms with Crippen LogP contribution in [0.2, 0.25) is 0 Å². The molecular formula is C21H17N5O5. The van der Waals surface area contributed by atoms with Crippen molar-refractivity contribution in [3.8, 4) is 11.5 Å². The molecule has 0 aliphatic rings. The highest BCUT2D eigenvalue weighted by Gasteiger charge is 2.11. The number of aromatic nitrogens is 1. The minimum absolute atomic E-state index is 0.00288. The standard InChI is InChI=1S/C21H17N5O5/c1-31-18-10-15(24-25-17-7-3-2-6-16(17)21(29)30)9-14(19(18)27)12-23-26-20(28)13-5-4-8-22-11-13/h2-12,27H,1H3,(H,26,28)(H,29,30)/b23-12+,25-24?. The number of methoxy groups -OCH3 is 1. The molecule has 0 unspecified atom stereocenters. The van der Waals surface area contributed by atoms with E-state index in [1.54, 1.807) is 30.5 Å². The van der Waals surface area contributed by atoms with Crippen molar-refractivity contribution in [1.29, 1.82) is 0 Å². The van der Waals surface area contributed by atoms with Crippen LogP contribution in [0.15, 0.2) is 76.3 Å². The second-order valence-electron chi connectivity index (χ2n) is 6.05. The first-order valence-electron chi connectivity index (χ1n) is 8.88. The number of nitrogens with one attached hydrogen (secondary N) is 1. The SMILES string of the molecule is COc1cc(N=Nc2ccccc2C(=O)O)cc(/C=N/NC(=O)c2cccnc2)c1O. The first kappa shape index (κ1) is 21.1. The monoisotopic (exact) mass is 419 g/mol. The third-order valence-electron chi connectivity index (χ3n) is 4.01. The van der Waals surface area contributed by atoms with Crippen LogP contribution in [0, 0.1) is 0 Å². The number of phenolic OH excluding ortho intramolecular Hbond substituents is 1. The molecule has 0 fully saturated rings. The summed E-state index contributed by atoms with van der Waals surface area (Å²) in [5.41, 5.74) is 3.29. The average molecular weight is 419 g/mol. The zero-order valence-corrected chi connectivity index (χ0v) is 16.3. The summed E-state index contributed by atoms with van der Waals surface area (Å²) in [6.45, 7) is 0. The van der Waals surface area contributed by atoms with E-state index in [4.69, 9.17) is 4.74 Å². The summed E-state index contributed by atoms with van der Waals surface area (Å²) < 4.78 is 5.13. The maximum Gasteiger partial charge on any atom is 0.337 e. The number of aromatic carboxylic acids is 1. The molecule has 1 heterocycles. The van der Waals surface area contributed by atoms with E-state index >= 15 is 0 Å². The van der Waals surface area contributed by atoms with Crippen molar-refractivity contribution in [2.75, 3.05) is 7.11 Å². The highest BCUT2D eigenvalue weighted by molar-refractivity contribution is 5.95. The quantitative estimate of drug-likeness (QED) is 0.302. The Hall–Kier alpha value is -4.60. The number of carbonyl (C=O) groups is 2. The summed E-state index contributed by atoms with van der Waals surface area (Å²) >= 11 is 0. The van der Waals surface area contributed by atoms with Crippen molar-refractivity contribution < 1.29 is 24.5 Å². The van der Waals surface area contributed by atoms with Crippen molar-refractivity contribution in [2.24, 2.45) is 15.3 Å².